The molecule has 0 spiro atoms. The SMILES string of the molecule is O=C(COc1c(Br)cc(Br)cc1Br)N1CCc2ccccc21. The second-order valence-electron chi connectivity index (χ2n) is 4.91. The summed E-state index contributed by atoms with van der Waals surface area (Å²) in [5, 5.41) is 0. The van der Waals surface area contributed by atoms with E-state index in [-0.39, 0.29) is 12.5 Å². The highest BCUT2D eigenvalue weighted by molar-refractivity contribution is 9.11. The first-order chi connectivity index (χ1) is 10.6. The molecule has 0 N–H and O–H groups in total. The Bertz CT molecular complexity index is 710. The molecule has 1 aliphatic heterocycles. The third-order valence-corrected chi connectivity index (χ3v) is 5.13. The lowest BCUT2D eigenvalue weighted by molar-refractivity contribution is -0.120. The Kier molecular flexibility index (Phi) is 4.90. The maximum Gasteiger partial charge on any atom is 0.264 e. The van der Waals surface area contributed by atoms with E-state index in [0.717, 1.165) is 25.5 Å². The summed E-state index contributed by atoms with van der Waals surface area (Å²) in [7, 11) is 0. The molecular weight excluding hydrogens is 478 g/mol. The van der Waals surface area contributed by atoms with Gasteiger partial charge < -0.3 is 9.64 Å². The minimum atomic E-state index is -0.0355. The summed E-state index contributed by atoms with van der Waals surface area (Å²) in [4.78, 5) is 14.2. The highest BCUT2D eigenvalue weighted by Crippen LogP contribution is 2.36. The van der Waals surface area contributed by atoms with Crippen molar-refractivity contribution in [2.75, 3.05) is 18.1 Å². The normalized spacial score (nSPS) is 13.1. The summed E-state index contributed by atoms with van der Waals surface area (Å²) in [6, 6.07) is 11.8. The third kappa shape index (κ3) is 3.24. The number of ether oxygens (including phenoxy) is 1. The number of carbonyl (C=O) groups is 1. The molecule has 6 heteroatoms. The topological polar surface area (TPSA) is 29.5 Å². The van der Waals surface area contributed by atoms with Crippen LogP contribution in [0, 0.1) is 0 Å². The predicted molar refractivity (Wildman–Crippen MR) is 97.5 cm³/mol. The molecule has 1 heterocycles. The molecule has 114 valence electrons. The van der Waals surface area contributed by atoms with Gasteiger partial charge in [0.25, 0.3) is 5.91 Å². The molecule has 0 saturated carbocycles. The highest BCUT2D eigenvalue weighted by atomic mass is 79.9. The molecular formula is C16H12Br3NO2. The van der Waals surface area contributed by atoms with Crippen LogP contribution in [-0.4, -0.2) is 19.1 Å². The molecule has 0 unspecified atom stereocenters. The Hall–Kier alpha value is -0.850. The largest absolute Gasteiger partial charge is 0.481 e. The molecule has 0 aliphatic carbocycles. The Balaban J connectivity index is 1.72. The van der Waals surface area contributed by atoms with Gasteiger partial charge in [-0.3, -0.25) is 4.79 Å². The summed E-state index contributed by atoms with van der Waals surface area (Å²) in [5.74, 6) is 0.593. The van der Waals surface area contributed by atoms with Crippen LogP contribution in [0.25, 0.3) is 0 Å². The fourth-order valence-corrected chi connectivity index (χ4v) is 4.96. The molecule has 3 nitrogen and oxygen atoms in total. The second-order valence-corrected chi connectivity index (χ2v) is 7.54. The maximum absolute atomic E-state index is 12.4. The van der Waals surface area contributed by atoms with Crippen molar-refractivity contribution in [3.05, 3.63) is 55.4 Å². The minimum absolute atomic E-state index is 0.00711. The number of halogens is 3. The predicted octanol–water partition coefficient (Wildman–Crippen LogP) is 4.94. The van der Waals surface area contributed by atoms with Gasteiger partial charge in [0.05, 0.1) is 8.95 Å². The van der Waals surface area contributed by atoms with Crippen LogP contribution < -0.4 is 9.64 Å². The van der Waals surface area contributed by atoms with Gasteiger partial charge in [-0.05, 0) is 62.0 Å². The highest BCUT2D eigenvalue weighted by Gasteiger charge is 2.24. The van der Waals surface area contributed by atoms with Crippen molar-refractivity contribution in [3.63, 3.8) is 0 Å². The van der Waals surface area contributed by atoms with Crippen molar-refractivity contribution >= 4 is 59.4 Å². The lowest BCUT2D eigenvalue weighted by Crippen LogP contribution is -2.33. The van der Waals surface area contributed by atoms with Crippen molar-refractivity contribution in [2.24, 2.45) is 0 Å². The number of amides is 1. The van der Waals surface area contributed by atoms with Gasteiger partial charge in [-0.1, -0.05) is 34.1 Å². The molecule has 22 heavy (non-hydrogen) atoms. The van der Waals surface area contributed by atoms with E-state index in [4.69, 9.17) is 4.74 Å². The van der Waals surface area contributed by atoms with Crippen molar-refractivity contribution in [3.8, 4) is 5.75 Å². The van der Waals surface area contributed by atoms with Crippen LogP contribution in [0.15, 0.2) is 49.8 Å². The Morgan fingerprint density at radius 1 is 1.14 bits per heavy atom. The molecule has 1 amide bonds. The molecule has 3 rings (SSSR count). The molecule has 2 aromatic rings. The van der Waals surface area contributed by atoms with E-state index < -0.39 is 0 Å². The van der Waals surface area contributed by atoms with Gasteiger partial charge in [-0.15, -0.1) is 0 Å². The van der Waals surface area contributed by atoms with Crippen LogP contribution >= 0.6 is 47.8 Å². The molecule has 0 aromatic heterocycles. The van der Waals surface area contributed by atoms with Crippen LogP contribution in [0.2, 0.25) is 0 Å². The van der Waals surface area contributed by atoms with Crippen LogP contribution in [0.4, 0.5) is 5.69 Å². The molecule has 1 aliphatic rings. The van der Waals surface area contributed by atoms with Gasteiger partial charge in [0.1, 0.15) is 5.75 Å². The maximum atomic E-state index is 12.4. The van der Waals surface area contributed by atoms with Crippen molar-refractivity contribution < 1.29 is 9.53 Å². The molecule has 2 aromatic carbocycles. The van der Waals surface area contributed by atoms with Gasteiger partial charge >= 0.3 is 0 Å². The number of para-hydroxylation sites is 1. The number of anilines is 1. The Morgan fingerprint density at radius 3 is 2.55 bits per heavy atom. The van der Waals surface area contributed by atoms with E-state index in [1.807, 2.05) is 30.3 Å². The first kappa shape index (κ1) is 16.0. The Labute approximate surface area is 154 Å². The summed E-state index contributed by atoms with van der Waals surface area (Å²) >= 11 is 10.3. The quantitative estimate of drug-likeness (QED) is 0.611. The van der Waals surface area contributed by atoms with E-state index in [2.05, 4.69) is 53.9 Å². The first-order valence-electron chi connectivity index (χ1n) is 6.72. The number of benzene rings is 2. The second kappa shape index (κ2) is 6.72. The summed E-state index contributed by atoms with van der Waals surface area (Å²) in [5.41, 5.74) is 2.20. The van der Waals surface area contributed by atoms with Gasteiger partial charge in [-0.2, -0.15) is 0 Å². The number of nitrogens with zero attached hydrogens (tertiary/aromatic N) is 1. The standard InChI is InChI=1S/C16H12Br3NO2/c17-11-7-12(18)16(13(19)8-11)22-9-15(21)20-6-5-10-3-1-2-4-14(10)20/h1-4,7-8H,5-6,9H2. The average Bonchev–Trinajstić information content (AvgIpc) is 2.90. The summed E-state index contributed by atoms with van der Waals surface area (Å²) in [6.07, 6.45) is 0.896. The number of fused-ring (bicyclic) bond motifs is 1. The average molecular weight is 490 g/mol. The first-order valence-corrected chi connectivity index (χ1v) is 9.10. The van der Waals surface area contributed by atoms with E-state index in [1.165, 1.54) is 5.56 Å². The third-order valence-electron chi connectivity index (χ3n) is 3.49. The number of hydrogen-bond acceptors (Lipinski definition) is 2. The minimum Gasteiger partial charge on any atom is -0.481 e. The van der Waals surface area contributed by atoms with Crippen molar-refractivity contribution in [1.29, 1.82) is 0 Å². The van der Waals surface area contributed by atoms with Gasteiger partial charge in [-0.25, -0.2) is 0 Å². The lowest BCUT2D eigenvalue weighted by Gasteiger charge is -2.18. The van der Waals surface area contributed by atoms with Crippen LogP contribution in [0.1, 0.15) is 5.56 Å². The molecule has 0 radical (unpaired) electrons. The molecule has 0 bridgehead atoms. The summed E-state index contributed by atoms with van der Waals surface area (Å²) < 4.78 is 8.22. The molecule has 0 fully saturated rings. The zero-order chi connectivity index (χ0) is 15.7. The zero-order valence-electron chi connectivity index (χ0n) is 11.5. The van der Waals surface area contributed by atoms with E-state index in [1.54, 1.807) is 4.90 Å². The van der Waals surface area contributed by atoms with Crippen molar-refractivity contribution in [2.45, 2.75) is 6.42 Å². The Morgan fingerprint density at radius 2 is 1.82 bits per heavy atom. The number of hydrogen-bond donors (Lipinski definition) is 0. The monoisotopic (exact) mass is 487 g/mol. The van der Waals surface area contributed by atoms with E-state index >= 15 is 0 Å². The number of rotatable bonds is 3. The summed E-state index contributed by atoms with van der Waals surface area (Å²) in [6.45, 7) is 0.720. The van der Waals surface area contributed by atoms with Crippen LogP contribution in [-0.2, 0) is 11.2 Å². The zero-order valence-corrected chi connectivity index (χ0v) is 16.2. The van der Waals surface area contributed by atoms with Gasteiger partial charge in [0.15, 0.2) is 6.61 Å². The van der Waals surface area contributed by atoms with Crippen LogP contribution in [0.3, 0.4) is 0 Å². The van der Waals surface area contributed by atoms with Crippen LogP contribution in [0.5, 0.6) is 5.75 Å². The number of carbonyl (C=O) groups excluding carboxylic acids is 1. The molecule has 0 atom stereocenters. The van der Waals surface area contributed by atoms with Gasteiger partial charge in [0.2, 0.25) is 0 Å². The fourth-order valence-electron chi connectivity index (χ4n) is 2.48. The molecule has 0 saturated heterocycles. The van der Waals surface area contributed by atoms with E-state index in [9.17, 15) is 4.79 Å². The van der Waals surface area contributed by atoms with E-state index in [0.29, 0.717) is 12.3 Å². The van der Waals surface area contributed by atoms with Crippen molar-refractivity contribution in [1.82, 2.24) is 0 Å². The smallest absolute Gasteiger partial charge is 0.264 e. The lowest BCUT2D eigenvalue weighted by atomic mass is 10.2. The fraction of sp³-hybridized carbons (Fsp3) is 0.188. The van der Waals surface area contributed by atoms with Gasteiger partial charge in [0, 0.05) is 16.7 Å².